The second-order valence-electron chi connectivity index (χ2n) is 7.49. The zero-order valence-corrected chi connectivity index (χ0v) is 19.1. The van der Waals surface area contributed by atoms with Gasteiger partial charge >= 0.3 is 5.97 Å². The van der Waals surface area contributed by atoms with Gasteiger partial charge in [-0.05, 0) is 73.5 Å². The number of hydrogen-bond donors (Lipinski definition) is 1. The molecular weight excluding hydrogens is 442 g/mol. The summed E-state index contributed by atoms with van der Waals surface area (Å²) in [4.78, 5) is 36.0. The van der Waals surface area contributed by atoms with E-state index in [1.54, 1.807) is 48.5 Å². The number of esters is 1. The minimum Gasteiger partial charge on any atom is -0.457 e. The Balaban J connectivity index is 1.42. The second-order valence-corrected chi connectivity index (χ2v) is 7.92. The van der Waals surface area contributed by atoms with Gasteiger partial charge in [0.25, 0.3) is 0 Å². The molecule has 7 heteroatoms. The number of benzene rings is 3. The molecular formula is C26H24ClNO5. The van der Waals surface area contributed by atoms with Gasteiger partial charge < -0.3 is 14.8 Å². The van der Waals surface area contributed by atoms with Crippen LogP contribution in [-0.4, -0.2) is 24.3 Å². The molecule has 3 rings (SSSR count). The highest BCUT2D eigenvalue weighted by molar-refractivity contribution is 6.30. The van der Waals surface area contributed by atoms with Crippen molar-refractivity contribution in [1.82, 2.24) is 0 Å². The molecule has 6 nitrogen and oxygen atoms in total. The number of carbonyl (C=O) groups is 3. The van der Waals surface area contributed by atoms with Crippen molar-refractivity contribution in [1.29, 1.82) is 0 Å². The van der Waals surface area contributed by atoms with E-state index in [9.17, 15) is 14.4 Å². The molecule has 0 saturated heterocycles. The van der Waals surface area contributed by atoms with Crippen LogP contribution in [0.3, 0.4) is 0 Å². The highest BCUT2D eigenvalue weighted by Crippen LogP contribution is 2.29. The largest absolute Gasteiger partial charge is 0.457 e. The summed E-state index contributed by atoms with van der Waals surface area (Å²) < 4.78 is 10.9. The van der Waals surface area contributed by atoms with Crippen LogP contribution in [0.25, 0.3) is 0 Å². The smallest absolute Gasteiger partial charge is 0.306 e. The molecule has 170 valence electrons. The van der Waals surface area contributed by atoms with E-state index in [4.69, 9.17) is 21.1 Å². The molecule has 0 heterocycles. The Hall–Kier alpha value is -3.64. The van der Waals surface area contributed by atoms with E-state index >= 15 is 0 Å². The Morgan fingerprint density at radius 2 is 1.48 bits per heavy atom. The monoisotopic (exact) mass is 465 g/mol. The summed E-state index contributed by atoms with van der Waals surface area (Å²) in [6.07, 6.45) is -0.192. The van der Waals surface area contributed by atoms with E-state index in [0.29, 0.717) is 22.0 Å². The lowest BCUT2D eigenvalue weighted by molar-refractivity contribution is -0.143. The molecule has 0 fully saturated rings. The van der Waals surface area contributed by atoms with Crippen molar-refractivity contribution in [3.05, 3.63) is 88.4 Å². The van der Waals surface area contributed by atoms with Gasteiger partial charge in [0.2, 0.25) is 5.91 Å². The number of nitrogens with one attached hydrogen (secondary N) is 1. The maximum Gasteiger partial charge on any atom is 0.306 e. The first-order valence-electron chi connectivity index (χ1n) is 10.4. The van der Waals surface area contributed by atoms with Crippen molar-refractivity contribution >= 4 is 34.9 Å². The third-order valence-corrected chi connectivity index (χ3v) is 5.11. The highest BCUT2D eigenvalue weighted by Gasteiger charge is 2.12. The molecule has 33 heavy (non-hydrogen) atoms. The van der Waals surface area contributed by atoms with Crippen LogP contribution in [-0.2, 0) is 14.3 Å². The lowest BCUT2D eigenvalue weighted by atomic mass is 10.1. The minimum atomic E-state index is -0.621. The predicted molar refractivity (Wildman–Crippen MR) is 127 cm³/mol. The average molecular weight is 466 g/mol. The Morgan fingerprint density at radius 1 is 0.848 bits per heavy atom. The number of ether oxygens (including phenoxy) is 2. The van der Waals surface area contributed by atoms with Gasteiger partial charge in [0.15, 0.2) is 12.4 Å². The molecule has 0 bridgehead atoms. The fourth-order valence-corrected chi connectivity index (χ4v) is 3.19. The summed E-state index contributed by atoms with van der Waals surface area (Å²) >= 11 is 5.78. The van der Waals surface area contributed by atoms with E-state index in [1.807, 2.05) is 32.0 Å². The molecule has 0 aliphatic heterocycles. The molecule has 0 aliphatic carbocycles. The number of ketones is 1. The number of rotatable bonds is 9. The molecule has 1 amide bonds. The van der Waals surface area contributed by atoms with E-state index in [1.165, 1.54) is 0 Å². The molecule has 0 aromatic heterocycles. The van der Waals surface area contributed by atoms with Crippen molar-refractivity contribution in [3.8, 4) is 11.5 Å². The fourth-order valence-electron chi connectivity index (χ4n) is 3.06. The fraction of sp³-hybridized carbons (Fsp3) is 0.192. The summed E-state index contributed by atoms with van der Waals surface area (Å²) in [5.41, 5.74) is 3.05. The number of carbonyl (C=O) groups excluding carboxylic acids is 3. The Morgan fingerprint density at radius 3 is 2.12 bits per heavy atom. The predicted octanol–water partition coefficient (Wildman–Crippen LogP) is 5.89. The van der Waals surface area contributed by atoms with E-state index in [2.05, 4.69) is 5.32 Å². The summed E-state index contributed by atoms with van der Waals surface area (Å²) in [6.45, 7) is 3.58. The molecule has 0 unspecified atom stereocenters. The standard InChI is InChI=1S/C26H24ClNO5/c1-17-4-3-5-18(2)26(17)33-22-12-10-21(11-13-22)28-24(30)14-15-25(31)32-16-23(29)19-6-8-20(27)9-7-19/h3-13H,14-16H2,1-2H3,(H,28,30). The van der Waals surface area contributed by atoms with Crippen molar-refractivity contribution in [2.45, 2.75) is 26.7 Å². The van der Waals surface area contributed by atoms with Gasteiger partial charge in [-0.25, -0.2) is 0 Å². The summed E-state index contributed by atoms with van der Waals surface area (Å²) in [5, 5.41) is 3.24. The Kier molecular flexibility index (Phi) is 8.22. The van der Waals surface area contributed by atoms with Crippen LogP contribution < -0.4 is 10.1 Å². The molecule has 0 radical (unpaired) electrons. The van der Waals surface area contributed by atoms with Crippen LogP contribution in [0, 0.1) is 13.8 Å². The van der Waals surface area contributed by atoms with Crippen LogP contribution in [0.4, 0.5) is 5.69 Å². The Bertz CT molecular complexity index is 1120. The third-order valence-electron chi connectivity index (χ3n) is 4.85. The van der Waals surface area contributed by atoms with Crippen molar-refractivity contribution in [2.75, 3.05) is 11.9 Å². The van der Waals surface area contributed by atoms with Gasteiger partial charge in [0, 0.05) is 22.7 Å². The van der Waals surface area contributed by atoms with Crippen LogP contribution in [0.5, 0.6) is 11.5 Å². The quantitative estimate of drug-likeness (QED) is 0.314. The van der Waals surface area contributed by atoms with Gasteiger partial charge in [-0.2, -0.15) is 0 Å². The maximum atomic E-state index is 12.1. The number of amides is 1. The Labute approximate surface area is 197 Å². The first kappa shape index (κ1) is 24.0. The number of Topliss-reactive ketones (excluding diaryl/α,β-unsaturated/α-hetero) is 1. The van der Waals surface area contributed by atoms with E-state index < -0.39 is 5.97 Å². The average Bonchev–Trinajstić information content (AvgIpc) is 2.80. The molecule has 0 spiro atoms. The number of aryl methyl sites for hydroxylation is 2. The van der Waals surface area contributed by atoms with Gasteiger partial charge in [-0.1, -0.05) is 29.8 Å². The number of halogens is 1. The van der Waals surface area contributed by atoms with E-state index in [0.717, 1.165) is 16.9 Å². The van der Waals surface area contributed by atoms with Crippen molar-refractivity contribution in [2.24, 2.45) is 0 Å². The van der Waals surface area contributed by atoms with E-state index in [-0.39, 0.29) is 31.1 Å². The first-order valence-corrected chi connectivity index (χ1v) is 10.8. The maximum absolute atomic E-state index is 12.1. The summed E-state index contributed by atoms with van der Waals surface area (Å²) in [5.74, 6) is 0.165. The van der Waals surface area contributed by atoms with Gasteiger partial charge in [-0.3, -0.25) is 14.4 Å². The topological polar surface area (TPSA) is 81.7 Å². The van der Waals surface area contributed by atoms with Crippen molar-refractivity contribution in [3.63, 3.8) is 0 Å². The molecule has 3 aromatic rings. The molecule has 1 N–H and O–H groups in total. The normalized spacial score (nSPS) is 10.4. The molecule has 0 saturated carbocycles. The molecule has 0 aliphatic rings. The second kappa shape index (κ2) is 11.3. The molecule has 3 aromatic carbocycles. The van der Waals surface area contributed by atoms with Crippen LogP contribution in [0.15, 0.2) is 66.7 Å². The number of para-hydroxylation sites is 1. The molecule has 0 atom stereocenters. The van der Waals surface area contributed by atoms with Gasteiger partial charge in [0.1, 0.15) is 11.5 Å². The van der Waals surface area contributed by atoms with Crippen LogP contribution >= 0.6 is 11.6 Å². The number of hydrogen-bond acceptors (Lipinski definition) is 5. The number of anilines is 1. The van der Waals surface area contributed by atoms with Crippen LogP contribution in [0.1, 0.15) is 34.3 Å². The first-order chi connectivity index (χ1) is 15.8. The lowest BCUT2D eigenvalue weighted by Gasteiger charge is -2.12. The van der Waals surface area contributed by atoms with Gasteiger partial charge in [-0.15, -0.1) is 0 Å². The highest BCUT2D eigenvalue weighted by atomic mass is 35.5. The summed E-state index contributed by atoms with van der Waals surface area (Å²) in [6, 6.07) is 19.2. The lowest BCUT2D eigenvalue weighted by Crippen LogP contribution is -2.17. The SMILES string of the molecule is Cc1cccc(C)c1Oc1ccc(NC(=O)CCC(=O)OCC(=O)c2ccc(Cl)cc2)cc1. The zero-order valence-electron chi connectivity index (χ0n) is 18.4. The summed E-state index contributed by atoms with van der Waals surface area (Å²) in [7, 11) is 0. The zero-order chi connectivity index (χ0) is 23.8. The van der Waals surface area contributed by atoms with Crippen molar-refractivity contribution < 1.29 is 23.9 Å². The van der Waals surface area contributed by atoms with Crippen LogP contribution in [0.2, 0.25) is 5.02 Å². The van der Waals surface area contributed by atoms with Gasteiger partial charge in [0.05, 0.1) is 6.42 Å². The third kappa shape index (κ3) is 7.19. The minimum absolute atomic E-state index is 0.0609.